The lowest BCUT2D eigenvalue weighted by atomic mass is 9.86. The van der Waals surface area contributed by atoms with Crippen molar-refractivity contribution in [3.63, 3.8) is 0 Å². The molecule has 34 heavy (non-hydrogen) atoms. The van der Waals surface area contributed by atoms with Crippen LogP contribution in [0.1, 0.15) is 27.9 Å². The van der Waals surface area contributed by atoms with E-state index in [9.17, 15) is 18.0 Å². The van der Waals surface area contributed by atoms with Gasteiger partial charge in [-0.15, -0.1) is 0 Å². The van der Waals surface area contributed by atoms with E-state index >= 15 is 0 Å². The van der Waals surface area contributed by atoms with Crippen LogP contribution in [0.25, 0.3) is 0 Å². The molecule has 3 aromatic rings. The van der Waals surface area contributed by atoms with Crippen molar-refractivity contribution < 1.29 is 22.8 Å². The maximum absolute atomic E-state index is 14.2. The summed E-state index contributed by atoms with van der Waals surface area (Å²) in [5.74, 6) is -0.419. The summed E-state index contributed by atoms with van der Waals surface area (Å²) in [6.45, 7) is 0. The van der Waals surface area contributed by atoms with Gasteiger partial charge in [-0.3, -0.25) is 15.6 Å². The van der Waals surface area contributed by atoms with Crippen molar-refractivity contribution in [1.82, 2.24) is 5.43 Å². The highest BCUT2D eigenvalue weighted by Gasteiger charge is 2.62. The maximum atomic E-state index is 14.2. The van der Waals surface area contributed by atoms with Gasteiger partial charge in [0.2, 0.25) is 0 Å². The lowest BCUT2D eigenvalue weighted by Gasteiger charge is -2.29. The summed E-state index contributed by atoms with van der Waals surface area (Å²) in [5.41, 5.74) is 3.19. The summed E-state index contributed by atoms with van der Waals surface area (Å²) in [6, 6.07) is 16.5. The number of hydrogen-bond acceptors (Lipinski definition) is 4. The van der Waals surface area contributed by atoms with Gasteiger partial charge in [0.15, 0.2) is 0 Å². The molecule has 4 rings (SSSR count). The Hall–Kier alpha value is -2.94. The van der Waals surface area contributed by atoms with Crippen molar-refractivity contribution >= 4 is 52.1 Å². The molecule has 5 nitrogen and oxygen atoms in total. The molecule has 1 atom stereocenters. The minimum Gasteiger partial charge on any atom is -0.374 e. The highest BCUT2D eigenvalue weighted by Crippen LogP contribution is 2.49. The van der Waals surface area contributed by atoms with Gasteiger partial charge >= 0.3 is 6.18 Å². The second-order valence-corrected chi connectivity index (χ2v) is 8.71. The first-order valence-corrected chi connectivity index (χ1v) is 10.9. The highest BCUT2D eigenvalue weighted by atomic mass is 35.5. The molecule has 1 heterocycles. The fourth-order valence-electron chi connectivity index (χ4n) is 3.43. The van der Waals surface area contributed by atoms with Gasteiger partial charge in [0, 0.05) is 33.2 Å². The van der Waals surface area contributed by atoms with E-state index < -0.39 is 24.1 Å². The summed E-state index contributed by atoms with van der Waals surface area (Å²) >= 11 is 18.1. The van der Waals surface area contributed by atoms with Crippen LogP contribution in [0, 0.1) is 0 Å². The van der Waals surface area contributed by atoms with Crippen LogP contribution in [-0.2, 0) is 10.4 Å². The lowest BCUT2D eigenvalue weighted by Crippen LogP contribution is -2.42. The zero-order valence-corrected chi connectivity index (χ0v) is 19.4. The molecule has 3 aromatic carbocycles. The van der Waals surface area contributed by atoms with Gasteiger partial charge in [-0.1, -0.05) is 64.2 Å². The van der Waals surface area contributed by atoms with Gasteiger partial charge in [0.25, 0.3) is 11.5 Å². The smallest absolute Gasteiger partial charge is 0.374 e. The van der Waals surface area contributed by atoms with E-state index in [2.05, 4.69) is 16.0 Å². The van der Waals surface area contributed by atoms with Crippen molar-refractivity contribution in [3.8, 4) is 0 Å². The molecule has 2 N–H and O–H groups in total. The Morgan fingerprint density at radius 3 is 2.29 bits per heavy atom. The third-order valence-electron chi connectivity index (χ3n) is 5.16. The Morgan fingerprint density at radius 1 is 0.971 bits per heavy atom. The van der Waals surface area contributed by atoms with E-state index in [1.165, 1.54) is 24.3 Å². The summed E-state index contributed by atoms with van der Waals surface area (Å²) in [4.78, 5) is 17.3. The number of hydrogen-bond donors (Lipinski definition) is 2. The zero-order valence-electron chi connectivity index (χ0n) is 17.1. The Balaban J connectivity index is 1.58. The topological polar surface area (TPSA) is 62.7 Å². The monoisotopic (exact) mass is 527 g/mol. The Morgan fingerprint density at radius 2 is 1.65 bits per heavy atom. The number of hydrazine groups is 1. The van der Waals surface area contributed by atoms with Crippen molar-refractivity contribution in [2.75, 3.05) is 5.43 Å². The Kier molecular flexibility index (Phi) is 6.66. The largest absolute Gasteiger partial charge is 0.435 e. The summed E-state index contributed by atoms with van der Waals surface area (Å²) < 4.78 is 42.6. The minimum absolute atomic E-state index is 0.0301. The van der Waals surface area contributed by atoms with E-state index in [-0.39, 0.29) is 32.0 Å². The maximum Gasteiger partial charge on any atom is 0.435 e. The number of carbonyl (C=O) groups is 1. The van der Waals surface area contributed by atoms with E-state index in [1.807, 2.05) is 0 Å². The lowest BCUT2D eigenvalue weighted by molar-refractivity contribution is -0.275. The number of nitrogens with one attached hydrogen (secondary N) is 2. The second kappa shape index (κ2) is 9.37. The summed E-state index contributed by atoms with van der Waals surface area (Å²) in [5, 5.41) is 4.04. The van der Waals surface area contributed by atoms with Crippen LogP contribution >= 0.6 is 34.8 Å². The van der Waals surface area contributed by atoms with Gasteiger partial charge in [0.1, 0.15) is 0 Å². The van der Waals surface area contributed by atoms with E-state index in [0.29, 0.717) is 11.1 Å². The number of benzene rings is 3. The number of alkyl halides is 3. The van der Waals surface area contributed by atoms with Gasteiger partial charge in [0.05, 0.1) is 16.4 Å². The molecule has 1 unspecified atom stereocenters. The first kappa shape index (κ1) is 24.2. The van der Waals surface area contributed by atoms with Crippen LogP contribution in [0.4, 0.5) is 18.9 Å². The first-order valence-electron chi connectivity index (χ1n) is 9.79. The fourth-order valence-corrected chi connectivity index (χ4v) is 4.12. The Bertz CT molecular complexity index is 1250. The number of carbonyl (C=O) groups excluding carboxylic acids is 1. The van der Waals surface area contributed by atoms with Crippen LogP contribution in [0.3, 0.4) is 0 Å². The molecule has 0 radical (unpaired) electrons. The molecular weight excluding hydrogens is 514 g/mol. The van der Waals surface area contributed by atoms with Gasteiger partial charge in [-0.2, -0.15) is 13.2 Å². The number of halogens is 6. The first-order chi connectivity index (χ1) is 16.1. The predicted molar refractivity (Wildman–Crippen MR) is 125 cm³/mol. The van der Waals surface area contributed by atoms with E-state index in [0.717, 1.165) is 12.1 Å². The molecule has 0 saturated carbocycles. The van der Waals surface area contributed by atoms with Gasteiger partial charge in [-0.25, -0.2) is 0 Å². The number of nitrogens with zero attached hydrogens (tertiary/aromatic N) is 1. The number of amides is 1. The molecule has 1 aliphatic heterocycles. The minimum atomic E-state index is -4.82. The van der Waals surface area contributed by atoms with E-state index in [1.54, 1.807) is 30.3 Å². The third-order valence-corrected chi connectivity index (χ3v) is 5.93. The predicted octanol–water partition coefficient (Wildman–Crippen LogP) is 6.99. The zero-order chi connectivity index (χ0) is 24.5. The van der Waals surface area contributed by atoms with Crippen LogP contribution < -0.4 is 10.9 Å². The van der Waals surface area contributed by atoms with Gasteiger partial charge < -0.3 is 4.84 Å². The standard InChI is InChI=1S/C23H15Cl3F3N3O2/c24-16-9-15(10-17(25)11-16)22(23(27,28)29)12-20(32-34-22)14-6-7-18(26)19(8-14)30-31-21(33)13-4-2-1-3-5-13/h1-11,30H,12H2,(H,31,33). The van der Waals surface area contributed by atoms with Crippen LogP contribution in [-0.4, -0.2) is 17.8 Å². The SMILES string of the molecule is O=C(NNc1cc(C2=NOC(c3cc(Cl)cc(Cl)c3)(C(F)(F)F)C2)ccc1Cl)c1ccccc1. The molecule has 0 fully saturated rings. The number of oxime groups is 1. The number of rotatable bonds is 5. The van der Waals surface area contributed by atoms with Crippen molar-refractivity contribution in [3.05, 3.63) is 98.5 Å². The Labute approximate surface area is 207 Å². The van der Waals surface area contributed by atoms with Crippen molar-refractivity contribution in [1.29, 1.82) is 0 Å². The molecule has 0 saturated heterocycles. The molecule has 1 amide bonds. The van der Waals surface area contributed by atoms with Crippen LogP contribution in [0.15, 0.2) is 71.9 Å². The molecule has 1 aliphatic rings. The third kappa shape index (κ3) is 4.80. The molecule has 0 aromatic heterocycles. The molecule has 11 heteroatoms. The molecule has 0 bridgehead atoms. The summed E-state index contributed by atoms with van der Waals surface area (Å²) in [6.07, 6.45) is -5.44. The summed E-state index contributed by atoms with van der Waals surface area (Å²) in [7, 11) is 0. The van der Waals surface area contributed by atoms with Crippen molar-refractivity contribution in [2.24, 2.45) is 5.16 Å². The average molecular weight is 529 g/mol. The highest BCUT2D eigenvalue weighted by molar-refractivity contribution is 6.34. The van der Waals surface area contributed by atoms with Crippen LogP contribution in [0.5, 0.6) is 0 Å². The fraction of sp³-hybridized carbons (Fsp3) is 0.130. The second-order valence-electron chi connectivity index (χ2n) is 7.43. The normalized spacial score (nSPS) is 17.6. The average Bonchev–Trinajstić information content (AvgIpc) is 3.25. The molecule has 0 aliphatic carbocycles. The van der Waals surface area contributed by atoms with Crippen molar-refractivity contribution in [2.45, 2.75) is 18.2 Å². The quantitative estimate of drug-likeness (QED) is 0.351. The van der Waals surface area contributed by atoms with Gasteiger partial charge in [-0.05, 0) is 42.5 Å². The molecule has 0 spiro atoms. The van der Waals surface area contributed by atoms with E-state index in [4.69, 9.17) is 39.6 Å². The van der Waals surface area contributed by atoms with Crippen LogP contribution in [0.2, 0.25) is 15.1 Å². The number of anilines is 1. The molecule has 176 valence electrons. The molecular formula is C23H15Cl3F3N3O2.